The van der Waals surface area contributed by atoms with Gasteiger partial charge in [-0.25, -0.2) is 14.5 Å². The molecule has 1 aliphatic heterocycles. The van der Waals surface area contributed by atoms with E-state index in [1.165, 1.54) is 10.9 Å². The van der Waals surface area contributed by atoms with Crippen LogP contribution in [-0.4, -0.2) is 50.0 Å². The lowest BCUT2D eigenvalue weighted by Gasteiger charge is -2.27. The second-order valence-electron chi connectivity index (χ2n) is 5.89. The molecular formula is C16H19FN6O. The minimum atomic E-state index is -0.594. The van der Waals surface area contributed by atoms with E-state index in [1.54, 1.807) is 23.2 Å². The van der Waals surface area contributed by atoms with Crippen LogP contribution in [0.1, 0.15) is 26.0 Å². The molecule has 1 aliphatic rings. The van der Waals surface area contributed by atoms with Crippen molar-refractivity contribution in [2.75, 3.05) is 13.1 Å². The molecular weight excluding hydrogens is 311 g/mol. The maximum absolute atomic E-state index is 13.7. The molecule has 3 heterocycles. The number of carbonyl (C=O) groups excluding carboxylic acids is 1. The number of nitrogens with one attached hydrogen (secondary N) is 1. The number of carbonyl (C=O) groups is 1. The summed E-state index contributed by atoms with van der Waals surface area (Å²) in [5.41, 5.74) is 1.94. The third-order valence-corrected chi connectivity index (χ3v) is 3.72. The highest BCUT2D eigenvalue weighted by Crippen LogP contribution is 2.21. The molecule has 2 aromatic heterocycles. The molecule has 0 aliphatic carbocycles. The molecule has 2 aromatic rings. The minimum Gasteiger partial charge on any atom is -0.336 e. The molecule has 0 unspecified atom stereocenters. The molecule has 0 spiro atoms. The van der Waals surface area contributed by atoms with Crippen LogP contribution in [0.2, 0.25) is 0 Å². The third kappa shape index (κ3) is 3.42. The Morgan fingerprint density at radius 2 is 2.25 bits per heavy atom. The number of hydrogen-bond acceptors (Lipinski definition) is 4. The Labute approximate surface area is 139 Å². The lowest BCUT2D eigenvalue weighted by atomic mass is 10.1. The Morgan fingerprint density at radius 3 is 2.92 bits per heavy atom. The lowest BCUT2D eigenvalue weighted by molar-refractivity contribution is 0.200. The Balaban J connectivity index is 1.72. The molecule has 7 nitrogen and oxygen atoms in total. The number of aromatic nitrogens is 4. The highest BCUT2D eigenvalue weighted by atomic mass is 19.1. The fourth-order valence-corrected chi connectivity index (χ4v) is 2.50. The van der Waals surface area contributed by atoms with Crippen molar-refractivity contribution in [3.63, 3.8) is 0 Å². The van der Waals surface area contributed by atoms with Crippen molar-refractivity contribution in [3.05, 3.63) is 42.2 Å². The summed E-state index contributed by atoms with van der Waals surface area (Å²) in [6.07, 6.45) is 5.70. The van der Waals surface area contributed by atoms with Crippen LogP contribution >= 0.6 is 0 Å². The van der Waals surface area contributed by atoms with Crippen molar-refractivity contribution in [2.45, 2.75) is 26.3 Å². The van der Waals surface area contributed by atoms with E-state index in [4.69, 9.17) is 0 Å². The van der Waals surface area contributed by atoms with Gasteiger partial charge in [0.2, 0.25) is 5.95 Å². The first-order valence-electron chi connectivity index (χ1n) is 7.82. The van der Waals surface area contributed by atoms with E-state index in [1.807, 2.05) is 19.9 Å². The molecule has 126 valence electrons. The summed E-state index contributed by atoms with van der Waals surface area (Å²) in [6.45, 7) is 4.98. The van der Waals surface area contributed by atoms with Crippen LogP contribution in [0.5, 0.6) is 0 Å². The number of urea groups is 1. The first-order valence-corrected chi connectivity index (χ1v) is 7.82. The van der Waals surface area contributed by atoms with E-state index in [0.717, 1.165) is 5.57 Å². The fraction of sp³-hybridized carbons (Fsp3) is 0.375. The van der Waals surface area contributed by atoms with E-state index >= 15 is 0 Å². The quantitative estimate of drug-likeness (QED) is 0.874. The summed E-state index contributed by atoms with van der Waals surface area (Å²) in [7, 11) is 0. The number of halogens is 1. The summed E-state index contributed by atoms with van der Waals surface area (Å²) in [5, 5.41) is 11.0. The summed E-state index contributed by atoms with van der Waals surface area (Å²) in [5.74, 6) is -0.594. The predicted octanol–water partition coefficient (Wildman–Crippen LogP) is 2.01. The van der Waals surface area contributed by atoms with Crippen molar-refractivity contribution in [3.8, 4) is 5.69 Å². The molecule has 0 atom stereocenters. The van der Waals surface area contributed by atoms with Crippen molar-refractivity contribution in [1.82, 2.24) is 30.2 Å². The molecule has 0 fully saturated rings. The van der Waals surface area contributed by atoms with E-state index in [9.17, 15) is 9.18 Å². The van der Waals surface area contributed by atoms with Gasteiger partial charge in [0, 0.05) is 25.3 Å². The molecule has 0 bridgehead atoms. The van der Waals surface area contributed by atoms with Gasteiger partial charge in [0.1, 0.15) is 11.4 Å². The average molecular weight is 330 g/mol. The molecule has 24 heavy (non-hydrogen) atoms. The fourth-order valence-electron chi connectivity index (χ4n) is 2.50. The molecule has 3 rings (SSSR count). The van der Waals surface area contributed by atoms with Crippen LogP contribution in [0.15, 0.2) is 30.6 Å². The first-order chi connectivity index (χ1) is 11.5. The lowest BCUT2D eigenvalue weighted by Crippen LogP contribution is -2.44. The average Bonchev–Trinajstić information content (AvgIpc) is 3.04. The maximum atomic E-state index is 13.7. The SMILES string of the molecule is CC(C)NC(=O)N1CC=C(c2cn(-c3cccnc3F)nn2)CC1. The van der Waals surface area contributed by atoms with Gasteiger partial charge in [-0.1, -0.05) is 11.3 Å². The van der Waals surface area contributed by atoms with Gasteiger partial charge in [0.25, 0.3) is 0 Å². The van der Waals surface area contributed by atoms with Gasteiger partial charge in [-0.3, -0.25) is 0 Å². The second-order valence-corrected chi connectivity index (χ2v) is 5.89. The normalized spacial score (nSPS) is 14.7. The van der Waals surface area contributed by atoms with Crippen LogP contribution in [-0.2, 0) is 0 Å². The van der Waals surface area contributed by atoms with Crippen LogP contribution in [0.4, 0.5) is 9.18 Å². The van der Waals surface area contributed by atoms with Crippen molar-refractivity contribution in [1.29, 1.82) is 0 Å². The van der Waals surface area contributed by atoms with E-state index < -0.39 is 5.95 Å². The Bertz CT molecular complexity index is 769. The molecule has 0 radical (unpaired) electrons. The molecule has 1 N–H and O–H groups in total. The number of hydrogen-bond donors (Lipinski definition) is 1. The minimum absolute atomic E-state index is 0.0682. The molecule has 8 heteroatoms. The third-order valence-electron chi connectivity index (χ3n) is 3.72. The van der Waals surface area contributed by atoms with Crippen LogP contribution in [0, 0.1) is 5.95 Å². The highest BCUT2D eigenvalue weighted by Gasteiger charge is 2.20. The van der Waals surface area contributed by atoms with Gasteiger partial charge in [-0.15, -0.1) is 5.10 Å². The van der Waals surface area contributed by atoms with Crippen LogP contribution in [0.25, 0.3) is 11.3 Å². The number of nitrogens with zero attached hydrogens (tertiary/aromatic N) is 5. The Hall–Kier alpha value is -2.77. The van der Waals surface area contributed by atoms with Crippen molar-refractivity contribution >= 4 is 11.6 Å². The van der Waals surface area contributed by atoms with E-state index in [2.05, 4.69) is 20.6 Å². The summed E-state index contributed by atoms with van der Waals surface area (Å²) >= 11 is 0. The molecule has 0 saturated carbocycles. The second kappa shape index (κ2) is 6.77. The zero-order chi connectivity index (χ0) is 17.1. The van der Waals surface area contributed by atoms with Crippen molar-refractivity contribution < 1.29 is 9.18 Å². The first kappa shape index (κ1) is 16.1. The maximum Gasteiger partial charge on any atom is 0.317 e. The zero-order valence-electron chi connectivity index (χ0n) is 13.6. The zero-order valence-corrected chi connectivity index (χ0v) is 13.6. The van der Waals surface area contributed by atoms with Gasteiger partial charge in [0.05, 0.1) is 6.20 Å². The largest absolute Gasteiger partial charge is 0.336 e. The van der Waals surface area contributed by atoms with Gasteiger partial charge in [0.15, 0.2) is 0 Å². The molecule has 0 saturated heterocycles. The van der Waals surface area contributed by atoms with Gasteiger partial charge < -0.3 is 10.2 Å². The number of rotatable bonds is 3. The standard InChI is InChI=1S/C16H19FN6O/c1-11(2)19-16(24)22-8-5-12(6-9-22)13-10-23(21-20-13)14-4-3-7-18-15(14)17/h3-5,7,10-11H,6,8-9H2,1-2H3,(H,19,24). The van der Waals surface area contributed by atoms with E-state index in [-0.39, 0.29) is 17.8 Å². The number of amides is 2. The molecule has 0 aromatic carbocycles. The monoisotopic (exact) mass is 330 g/mol. The van der Waals surface area contributed by atoms with Gasteiger partial charge >= 0.3 is 6.03 Å². The Kier molecular flexibility index (Phi) is 4.54. The van der Waals surface area contributed by atoms with Gasteiger partial charge in [-0.05, 0) is 38.0 Å². The summed E-state index contributed by atoms with van der Waals surface area (Å²) < 4.78 is 15.1. The highest BCUT2D eigenvalue weighted by molar-refractivity contribution is 5.76. The number of pyridine rings is 1. The molecule has 2 amide bonds. The topological polar surface area (TPSA) is 75.9 Å². The smallest absolute Gasteiger partial charge is 0.317 e. The van der Waals surface area contributed by atoms with Crippen LogP contribution < -0.4 is 5.32 Å². The summed E-state index contributed by atoms with van der Waals surface area (Å²) in [4.78, 5) is 17.3. The Morgan fingerprint density at radius 1 is 1.42 bits per heavy atom. The van der Waals surface area contributed by atoms with E-state index in [0.29, 0.717) is 25.2 Å². The predicted molar refractivity (Wildman–Crippen MR) is 86.9 cm³/mol. The van der Waals surface area contributed by atoms with Crippen LogP contribution in [0.3, 0.4) is 0 Å². The van der Waals surface area contributed by atoms with Crippen molar-refractivity contribution in [2.24, 2.45) is 0 Å². The summed E-state index contributed by atoms with van der Waals surface area (Å²) in [6, 6.07) is 3.28. The van der Waals surface area contributed by atoms with Gasteiger partial charge in [-0.2, -0.15) is 4.39 Å².